The van der Waals surface area contributed by atoms with Gasteiger partial charge in [0.2, 0.25) is 0 Å². The minimum atomic E-state index is 0. The molecule has 0 saturated carbocycles. The second-order valence-electron chi connectivity index (χ2n) is 7.69. The fourth-order valence-electron chi connectivity index (χ4n) is 3.52. The molecule has 2 rings (SSSR count). The molecule has 1 heterocycles. The second kappa shape index (κ2) is 16.4. The molecule has 1 unspecified atom stereocenters. The van der Waals surface area contributed by atoms with E-state index >= 15 is 0 Å². The number of hydrogen-bond donors (Lipinski definition) is 2. The summed E-state index contributed by atoms with van der Waals surface area (Å²) in [5.41, 5.74) is 1.25. The molecule has 0 bridgehead atoms. The van der Waals surface area contributed by atoms with Crippen LogP contribution in [0.25, 0.3) is 0 Å². The van der Waals surface area contributed by atoms with E-state index in [1.165, 1.54) is 5.56 Å². The topological polar surface area (TPSA) is 67.4 Å². The molecule has 2 N–H and O–H groups in total. The Balaban J connectivity index is 0.00000480. The Kier molecular flexibility index (Phi) is 14.7. The Morgan fingerprint density at radius 3 is 2.65 bits per heavy atom. The number of nitrogens with zero attached hydrogens (tertiary/aromatic N) is 2. The highest BCUT2D eigenvalue weighted by Crippen LogP contribution is 2.28. The fraction of sp³-hybridized carbons (Fsp3) is 0.696. The molecule has 31 heavy (non-hydrogen) atoms. The van der Waals surface area contributed by atoms with Crippen LogP contribution in [0, 0.1) is 5.92 Å². The molecule has 0 spiro atoms. The van der Waals surface area contributed by atoms with E-state index in [4.69, 9.17) is 19.2 Å². The van der Waals surface area contributed by atoms with E-state index in [1.54, 1.807) is 7.11 Å². The molecule has 1 aliphatic rings. The standard InChI is InChI=1S/C23H40N4O3.HI/c1-5-24-23(26-17-19(3)18-27-12-14-29-15-13-27)25-11-7-8-20-9-10-21(28-4)22(16-20)30-6-2;/h9-10,16,19H,5-8,11-15,17-18H2,1-4H3,(H2,24,25,26);1H. The molecule has 0 radical (unpaired) electrons. The lowest BCUT2D eigenvalue weighted by molar-refractivity contribution is 0.0323. The van der Waals surface area contributed by atoms with E-state index in [0.29, 0.717) is 12.5 Å². The van der Waals surface area contributed by atoms with Gasteiger partial charge in [-0.05, 0) is 50.3 Å². The van der Waals surface area contributed by atoms with Crippen molar-refractivity contribution in [3.63, 3.8) is 0 Å². The first-order valence-corrected chi connectivity index (χ1v) is 11.3. The highest BCUT2D eigenvalue weighted by Gasteiger charge is 2.13. The molecule has 178 valence electrons. The summed E-state index contributed by atoms with van der Waals surface area (Å²) in [4.78, 5) is 7.25. The van der Waals surface area contributed by atoms with Crippen LogP contribution in [0.5, 0.6) is 11.5 Å². The SMILES string of the molecule is CCNC(=NCC(C)CN1CCOCC1)NCCCc1ccc(OC)c(OCC)c1.I. The number of aliphatic imine (C=N–C) groups is 1. The summed E-state index contributed by atoms with van der Waals surface area (Å²) in [6.45, 7) is 14.4. The van der Waals surface area contributed by atoms with E-state index in [2.05, 4.69) is 41.5 Å². The highest BCUT2D eigenvalue weighted by atomic mass is 127. The molecule has 1 aliphatic heterocycles. The summed E-state index contributed by atoms with van der Waals surface area (Å²) >= 11 is 0. The second-order valence-corrected chi connectivity index (χ2v) is 7.69. The Labute approximate surface area is 205 Å². The maximum Gasteiger partial charge on any atom is 0.191 e. The number of aryl methyl sites for hydroxylation is 1. The lowest BCUT2D eigenvalue weighted by Gasteiger charge is -2.28. The molecule has 1 aromatic rings. The number of halogens is 1. The summed E-state index contributed by atoms with van der Waals surface area (Å²) in [5, 5.41) is 6.81. The lowest BCUT2D eigenvalue weighted by atomic mass is 10.1. The van der Waals surface area contributed by atoms with E-state index in [0.717, 1.165) is 82.8 Å². The first-order chi connectivity index (χ1) is 14.7. The number of morpholine rings is 1. The number of nitrogens with one attached hydrogen (secondary N) is 2. The molecule has 8 heteroatoms. The molecule has 7 nitrogen and oxygen atoms in total. The predicted molar refractivity (Wildman–Crippen MR) is 138 cm³/mol. The van der Waals surface area contributed by atoms with Crippen molar-refractivity contribution in [2.45, 2.75) is 33.6 Å². The molecule has 0 aliphatic carbocycles. The summed E-state index contributed by atoms with van der Waals surface area (Å²) in [6, 6.07) is 6.16. The maximum atomic E-state index is 5.67. The Hall–Kier alpha value is -1.26. The van der Waals surface area contributed by atoms with E-state index in [-0.39, 0.29) is 24.0 Å². The van der Waals surface area contributed by atoms with Crippen molar-refractivity contribution in [1.82, 2.24) is 15.5 Å². The van der Waals surface area contributed by atoms with Gasteiger partial charge in [0, 0.05) is 39.3 Å². The van der Waals surface area contributed by atoms with E-state index in [9.17, 15) is 0 Å². The lowest BCUT2D eigenvalue weighted by Crippen LogP contribution is -2.40. The van der Waals surface area contributed by atoms with Gasteiger partial charge in [0.1, 0.15) is 0 Å². The van der Waals surface area contributed by atoms with Crippen LogP contribution in [0.4, 0.5) is 0 Å². The van der Waals surface area contributed by atoms with Crippen molar-refractivity contribution in [1.29, 1.82) is 0 Å². The third-order valence-electron chi connectivity index (χ3n) is 5.04. The van der Waals surface area contributed by atoms with Crippen LogP contribution in [0.2, 0.25) is 0 Å². The van der Waals surface area contributed by atoms with Crippen molar-refractivity contribution in [3.8, 4) is 11.5 Å². The fourth-order valence-corrected chi connectivity index (χ4v) is 3.52. The molecule has 1 aromatic carbocycles. The smallest absolute Gasteiger partial charge is 0.191 e. The van der Waals surface area contributed by atoms with Gasteiger partial charge in [-0.1, -0.05) is 13.0 Å². The van der Waals surface area contributed by atoms with E-state index < -0.39 is 0 Å². The van der Waals surface area contributed by atoms with Crippen molar-refractivity contribution in [2.24, 2.45) is 10.9 Å². The minimum Gasteiger partial charge on any atom is -0.493 e. The van der Waals surface area contributed by atoms with Gasteiger partial charge in [0.05, 0.1) is 26.9 Å². The summed E-state index contributed by atoms with van der Waals surface area (Å²) in [5.74, 6) is 3.02. The van der Waals surface area contributed by atoms with Crippen LogP contribution in [-0.2, 0) is 11.2 Å². The van der Waals surface area contributed by atoms with Gasteiger partial charge in [-0.3, -0.25) is 9.89 Å². The van der Waals surface area contributed by atoms with Crippen LogP contribution in [-0.4, -0.2) is 77.1 Å². The average Bonchev–Trinajstić information content (AvgIpc) is 2.76. The summed E-state index contributed by atoms with van der Waals surface area (Å²) < 4.78 is 16.5. The number of hydrogen-bond acceptors (Lipinski definition) is 5. The van der Waals surface area contributed by atoms with Gasteiger partial charge in [-0.2, -0.15) is 0 Å². The van der Waals surface area contributed by atoms with E-state index in [1.807, 2.05) is 13.0 Å². The van der Waals surface area contributed by atoms with Crippen molar-refractivity contribution >= 4 is 29.9 Å². The average molecular weight is 549 g/mol. The molecule has 1 fully saturated rings. The van der Waals surface area contributed by atoms with Crippen molar-refractivity contribution in [2.75, 3.05) is 66.2 Å². The van der Waals surface area contributed by atoms with Crippen LogP contribution in [0.1, 0.15) is 32.8 Å². The molecular formula is C23H41IN4O3. The van der Waals surface area contributed by atoms with Crippen LogP contribution < -0.4 is 20.1 Å². The van der Waals surface area contributed by atoms with Crippen LogP contribution in [0.3, 0.4) is 0 Å². The first kappa shape index (κ1) is 27.8. The zero-order valence-electron chi connectivity index (χ0n) is 19.6. The Morgan fingerprint density at radius 1 is 1.19 bits per heavy atom. The number of methoxy groups -OCH3 is 1. The molecular weight excluding hydrogens is 507 g/mol. The zero-order chi connectivity index (χ0) is 21.6. The third kappa shape index (κ3) is 10.7. The minimum absolute atomic E-state index is 0. The summed E-state index contributed by atoms with van der Waals surface area (Å²) in [7, 11) is 1.67. The normalized spacial score (nSPS) is 15.7. The molecule has 1 saturated heterocycles. The van der Waals surface area contributed by atoms with Gasteiger partial charge in [0.15, 0.2) is 17.5 Å². The van der Waals surface area contributed by atoms with Gasteiger partial charge in [0.25, 0.3) is 0 Å². The number of guanidine groups is 1. The predicted octanol–water partition coefficient (Wildman–Crippen LogP) is 3.17. The zero-order valence-corrected chi connectivity index (χ0v) is 21.9. The number of benzene rings is 1. The van der Waals surface area contributed by atoms with Gasteiger partial charge < -0.3 is 24.8 Å². The van der Waals surface area contributed by atoms with Gasteiger partial charge >= 0.3 is 0 Å². The monoisotopic (exact) mass is 548 g/mol. The first-order valence-electron chi connectivity index (χ1n) is 11.3. The quantitative estimate of drug-likeness (QED) is 0.181. The largest absolute Gasteiger partial charge is 0.493 e. The van der Waals surface area contributed by atoms with Gasteiger partial charge in [-0.25, -0.2) is 0 Å². The number of rotatable bonds is 12. The van der Waals surface area contributed by atoms with Crippen molar-refractivity contribution in [3.05, 3.63) is 23.8 Å². The summed E-state index contributed by atoms with van der Waals surface area (Å²) in [6.07, 6.45) is 2.00. The van der Waals surface area contributed by atoms with Gasteiger partial charge in [-0.15, -0.1) is 24.0 Å². The Morgan fingerprint density at radius 2 is 1.97 bits per heavy atom. The van der Waals surface area contributed by atoms with Crippen LogP contribution >= 0.6 is 24.0 Å². The Bertz CT molecular complexity index is 639. The number of ether oxygens (including phenoxy) is 3. The van der Waals surface area contributed by atoms with Crippen molar-refractivity contribution < 1.29 is 14.2 Å². The highest BCUT2D eigenvalue weighted by molar-refractivity contribution is 14.0. The maximum absolute atomic E-state index is 5.67. The molecule has 1 atom stereocenters. The van der Waals surface area contributed by atoms with Crippen LogP contribution in [0.15, 0.2) is 23.2 Å². The third-order valence-corrected chi connectivity index (χ3v) is 5.04. The molecule has 0 aromatic heterocycles. The molecule has 0 amide bonds.